The van der Waals surface area contributed by atoms with Gasteiger partial charge in [0.25, 0.3) is 0 Å². The Hall–Kier alpha value is -1.26. The molecule has 0 spiro atoms. The first kappa shape index (κ1) is 21.6. The molecule has 1 saturated heterocycles. The quantitative estimate of drug-likeness (QED) is 0.604. The molecule has 1 aromatic carbocycles. The average molecular weight is 444 g/mol. The van der Waals surface area contributed by atoms with Crippen LogP contribution < -0.4 is 10.2 Å². The Kier molecular flexibility index (Phi) is 5.98. The zero-order chi connectivity index (χ0) is 21.5. The summed E-state index contributed by atoms with van der Waals surface area (Å²) in [7, 11) is 0. The molecule has 1 aromatic rings. The Morgan fingerprint density at radius 2 is 1.87 bits per heavy atom. The van der Waals surface area contributed by atoms with Gasteiger partial charge in [-0.25, -0.2) is 0 Å². The third kappa shape index (κ3) is 4.90. The number of hydrogen-bond donors (Lipinski definition) is 1. The number of carbonyl (C=O) groups excluding carboxylic acids is 1. The Morgan fingerprint density at radius 3 is 2.55 bits per heavy atom. The summed E-state index contributed by atoms with van der Waals surface area (Å²) in [5.41, 5.74) is 2.06. The fraction of sp³-hybridized carbons (Fsp3) is 0.731. The number of piperazine rings is 1. The lowest BCUT2D eigenvalue weighted by Crippen LogP contribution is -2.52. The van der Waals surface area contributed by atoms with Crippen LogP contribution >= 0.6 is 11.6 Å². The highest BCUT2D eigenvalue weighted by Crippen LogP contribution is 2.66. The lowest BCUT2D eigenvalue weighted by atomic mass is 9.44. The molecule has 2 unspecified atom stereocenters. The molecule has 1 heterocycles. The number of hydrogen-bond acceptors (Lipinski definition) is 3. The van der Waals surface area contributed by atoms with Gasteiger partial charge in [-0.2, -0.15) is 0 Å². The zero-order valence-electron chi connectivity index (χ0n) is 19.0. The van der Waals surface area contributed by atoms with Crippen LogP contribution in [-0.2, 0) is 4.79 Å². The number of nitrogens with one attached hydrogen (secondary N) is 1. The van der Waals surface area contributed by atoms with E-state index in [1.807, 2.05) is 12.1 Å². The van der Waals surface area contributed by atoms with Crippen molar-refractivity contribution in [3.05, 3.63) is 29.3 Å². The van der Waals surface area contributed by atoms with E-state index in [1.165, 1.54) is 44.2 Å². The highest BCUT2D eigenvalue weighted by Gasteiger charge is 2.56. The van der Waals surface area contributed by atoms with Gasteiger partial charge in [0, 0.05) is 49.9 Å². The first-order valence-corrected chi connectivity index (χ1v) is 12.8. The minimum Gasteiger partial charge on any atom is -0.369 e. The second kappa shape index (κ2) is 8.59. The molecule has 1 N–H and O–H groups in total. The van der Waals surface area contributed by atoms with E-state index < -0.39 is 0 Å². The SMILES string of the molecule is CC12C[C@H]3C[C@@H](C1)CC(CC(=O)NCCCN1CCN(c4cccc(Cl)c4)CC1)(C3)C2. The monoisotopic (exact) mass is 443 g/mol. The lowest BCUT2D eigenvalue weighted by Gasteiger charge is -2.61. The topological polar surface area (TPSA) is 35.6 Å². The Labute approximate surface area is 192 Å². The summed E-state index contributed by atoms with van der Waals surface area (Å²) in [4.78, 5) is 17.7. The summed E-state index contributed by atoms with van der Waals surface area (Å²) in [6.45, 7) is 8.59. The summed E-state index contributed by atoms with van der Waals surface area (Å²) >= 11 is 6.14. The van der Waals surface area contributed by atoms with E-state index >= 15 is 0 Å². The molecule has 1 aliphatic heterocycles. The van der Waals surface area contributed by atoms with Crippen molar-refractivity contribution in [2.45, 2.75) is 58.3 Å². The number of benzene rings is 1. The maximum atomic E-state index is 12.8. The highest BCUT2D eigenvalue weighted by atomic mass is 35.5. The molecule has 6 rings (SSSR count). The summed E-state index contributed by atoms with van der Waals surface area (Å²) in [6.07, 6.45) is 9.98. The van der Waals surface area contributed by atoms with E-state index in [0.29, 0.717) is 16.7 Å². The van der Waals surface area contributed by atoms with Crippen LogP contribution in [0.2, 0.25) is 5.02 Å². The van der Waals surface area contributed by atoms with Gasteiger partial charge in [-0.3, -0.25) is 9.69 Å². The Balaban J connectivity index is 1.01. The first-order valence-electron chi connectivity index (χ1n) is 12.4. The number of amides is 1. The molecule has 4 saturated carbocycles. The van der Waals surface area contributed by atoms with Gasteiger partial charge in [-0.05, 0) is 92.4 Å². The molecule has 4 bridgehead atoms. The number of carbonyl (C=O) groups is 1. The number of halogens is 1. The predicted molar refractivity (Wildman–Crippen MR) is 128 cm³/mol. The van der Waals surface area contributed by atoms with Crippen LogP contribution in [-0.4, -0.2) is 50.1 Å². The molecule has 31 heavy (non-hydrogen) atoms. The minimum atomic E-state index is 0.302. The van der Waals surface area contributed by atoms with Crippen molar-refractivity contribution in [2.24, 2.45) is 22.7 Å². The van der Waals surface area contributed by atoms with Gasteiger partial charge in [-0.15, -0.1) is 0 Å². The summed E-state index contributed by atoms with van der Waals surface area (Å²) in [5, 5.41) is 4.06. The van der Waals surface area contributed by atoms with Crippen molar-refractivity contribution in [1.82, 2.24) is 10.2 Å². The van der Waals surface area contributed by atoms with E-state index in [-0.39, 0.29) is 0 Å². The van der Waals surface area contributed by atoms with Gasteiger partial charge in [0.05, 0.1) is 0 Å². The van der Waals surface area contributed by atoms with Crippen molar-refractivity contribution in [2.75, 3.05) is 44.2 Å². The van der Waals surface area contributed by atoms with Gasteiger partial charge in [0.2, 0.25) is 5.91 Å². The molecule has 1 amide bonds. The number of anilines is 1. The van der Waals surface area contributed by atoms with Gasteiger partial charge in [0.1, 0.15) is 0 Å². The van der Waals surface area contributed by atoms with E-state index in [1.54, 1.807) is 0 Å². The van der Waals surface area contributed by atoms with Crippen LogP contribution in [0.4, 0.5) is 5.69 Å². The molecule has 0 aromatic heterocycles. The van der Waals surface area contributed by atoms with Crippen molar-refractivity contribution in [1.29, 1.82) is 0 Å². The van der Waals surface area contributed by atoms with Crippen LogP contribution in [0.25, 0.3) is 0 Å². The van der Waals surface area contributed by atoms with Gasteiger partial charge in [0.15, 0.2) is 0 Å². The Morgan fingerprint density at radius 1 is 1.13 bits per heavy atom. The maximum absolute atomic E-state index is 12.8. The van der Waals surface area contributed by atoms with Crippen molar-refractivity contribution >= 4 is 23.2 Å². The summed E-state index contributed by atoms with van der Waals surface area (Å²) in [6, 6.07) is 8.15. The average Bonchev–Trinajstić information content (AvgIpc) is 2.69. The third-order valence-corrected chi connectivity index (χ3v) is 8.76. The van der Waals surface area contributed by atoms with Gasteiger partial charge >= 0.3 is 0 Å². The smallest absolute Gasteiger partial charge is 0.220 e. The molecular formula is C26H38ClN3O. The van der Waals surface area contributed by atoms with E-state index in [9.17, 15) is 4.79 Å². The normalized spacial score (nSPS) is 34.8. The number of rotatable bonds is 7. The Bertz CT molecular complexity index is 790. The van der Waals surface area contributed by atoms with E-state index in [4.69, 9.17) is 11.6 Å². The van der Waals surface area contributed by atoms with Crippen LogP contribution in [0.3, 0.4) is 0 Å². The molecule has 5 fully saturated rings. The molecule has 170 valence electrons. The van der Waals surface area contributed by atoms with Crippen LogP contribution in [0.5, 0.6) is 0 Å². The van der Waals surface area contributed by atoms with Crippen molar-refractivity contribution < 1.29 is 4.79 Å². The van der Waals surface area contributed by atoms with E-state index in [0.717, 1.165) is 69.0 Å². The molecule has 5 heteroatoms. The summed E-state index contributed by atoms with van der Waals surface area (Å²) < 4.78 is 0. The fourth-order valence-corrected chi connectivity index (χ4v) is 8.16. The predicted octanol–water partition coefficient (Wildman–Crippen LogP) is 4.96. The van der Waals surface area contributed by atoms with E-state index in [2.05, 4.69) is 34.2 Å². The molecule has 4 atom stereocenters. The van der Waals surface area contributed by atoms with Crippen LogP contribution in [0, 0.1) is 22.7 Å². The second-order valence-electron chi connectivity index (χ2n) is 11.5. The summed E-state index contributed by atoms with van der Waals surface area (Å²) in [5.74, 6) is 2.09. The van der Waals surface area contributed by atoms with Gasteiger partial charge < -0.3 is 10.2 Å². The fourth-order valence-electron chi connectivity index (χ4n) is 7.97. The minimum absolute atomic E-state index is 0.302. The van der Waals surface area contributed by atoms with Gasteiger partial charge in [-0.1, -0.05) is 24.6 Å². The molecule has 5 aliphatic rings. The first-order chi connectivity index (χ1) is 14.9. The third-order valence-electron chi connectivity index (χ3n) is 8.53. The number of nitrogens with zero attached hydrogens (tertiary/aromatic N) is 2. The molecular weight excluding hydrogens is 406 g/mol. The zero-order valence-corrected chi connectivity index (χ0v) is 19.8. The highest BCUT2D eigenvalue weighted by molar-refractivity contribution is 6.30. The second-order valence-corrected chi connectivity index (χ2v) is 11.9. The standard InChI is InChI=1S/C26H38ClN3O/c1-25-14-20-12-21(15-25)17-26(16-20,19-25)18-24(31)28-6-3-7-29-8-10-30(11-9-29)23-5-2-4-22(27)13-23/h2,4-5,13,20-21H,3,6-12,14-19H2,1H3,(H,28,31)/t20-,21+,25?,26?. The molecule has 4 nitrogen and oxygen atoms in total. The van der Waals surface area contributed by atoms with Crippen molar-refractivity contribution in [3.8, 4) is 0 Å². The van der Waals surface area contributed by atoms with Crippen LogP contribution in [0.15, 0.2) is 24.3 Å². The van der Waals surface area contributed by atoms with Crippen molar-refractivity contribution in [3.63, 3.8) is 0 Å². The lowest BCUT2D eigenvalue weighted by molar-refractivity contribution is -0.136. The largest absolute Gasteiger partial charge is 0.369 e. The maximum Gasteiger partial charge on any atom is 0.220 e. The molecule has 4 aliphatic carbocycles. The molecule has 0 radical (unpaired) electrons. The van der Waals surface area contributed by atoms with Crippen LogP contribution in [0.1, 0.15) is 58.3 Å².